The van der Waals surface area contributed by atoms with Gasteiger partial charge in [0.15, 0.2) is 0 Å². The molecule has 0 saturated carbocycles. The summed E-state index contributed by atoms with van der Waals surface area (Å²) in [6.07, 6.45) is 4.54. The van der Waals surface area contributed by atoms with Crippen LogP contribution in [-0.4, -0.2) is 25.8 Å². The van der Waals surface area contributed by atoms with Gasteiger partial charge in [0.1, 0.15) is 0 Å². The summed E-state index contributed by atoms with van der Waals surface area (Å²) in [7, 11) is 0. The smallest absolute Gasteiger partial charge is 0.0637 e. The van der Waals surface area contributed by atoms with Crippen molar-refractivity contribution in [2.45, 2.75) is 25.4 Å². The molecule has 0 aliphatic carbocycles. The highest BCUT2D eigenvalue weighted by molar-refractivity contribution is 4.81. The minimum Gasteiger partial charge on any atom is -0.377 e. The molecule has 2 atom stereocenters. The molecule has 0 amide bonds. The zero-order chi connectivity index (χ0) is 6.81. The highest BCUT2D eigenvalue weighted by Gasteiger charge is 2.31. The van der Waals surface area contributed by atoms with Crippen molar-refractivity contribution in [3.8, 4) is 0 Å². The van der Waals surface area contributed by atoms with Gasteiger partial charge in [-0.1, -0.05) is 0 Å². The van der Waals surface area contributed by atoms with Crippen molar-refractivity contribution in [2.75, 3.05) is 19.7 Å². The standard InChI is InChI=1S/C8H15NO/c1-2-7-6-10-8(7)3-5-9-4-1/h7-9H,1-6H2. The van der Waals surface area contributed by atoms with E-state index in [9.17, 15) is 0 Å². The predicted molar refractivity (Wildman–Crippen MR) is 40.0 cm³/mol. The van der Waals surface area contributed by atoms with Crippen LogP contribution in [0.15, 0.2) is 0 Å². The second-order valence-electron chi connectivity index (χ2n) is 3.31. The van der Waals surface area contributed by atoms with E-state index in [4.69, 9.17) is 4.74 Å². The number of rotatable bonds is 0. The quantitative estimate of drug-likeness (QED) is 0.538. The molecule has 2 unspecified atom stereocenters. The second-order valence-corrected chi connectivity index (χ2v) is 3.31. The van der Waals surface area contributed by atoms with E-state index in [0.717, 1.165) is 19.1 Å². The summed E-state index contributed by atoms with van der Waals surface area (Å²) in [4.78, 5) is 0. The molecule has 2 fully saturated rings. The topological polar surface area (TPSA) is 21.3 Å². The fourth-order valence-corrected chi connectivity index (χ4v) is 1.82. The van der Waals surface area contributed by atoms with Gasteiger partial charge in [-0.3, -0.25) is 0 Å². The Kier molecular flexibility index (Phi) is 1.91. The molecule has 2 heteroatoms. The third-order valence-electron chi connectivity index (χ3n) is 2.58. The lowest BCUT2D eigenvalue weighted by Gasteiger charge is -2.38. The van der Waals surface area contributed by atoms with Crippen LogP contribution in [-0.2, 0) is 4.74 Å². The Morgan fingerprint density at radius 2 is 2.20 bits per heavy atom. The zero-order valence-corrected chi connectivity index (χ0v) is 6.31. The predicted octanol–water partition coefficient (Wildman–Crippen LogP) is 0.775. The Bertz CT molecular complexity index is 102. The van der Waals surface area contributed by atoms with Crippen molar-refractivity contribution >= 4 is 0 Å². The van der Waals surface area contributed by atoms with Crippen LogP contribution in [0.4, 0.5) is 0 Å². The fraction of sp³-hybridized carbons (Fsp3) is 1.00. The first-order valence-corrected chi connectivity index (χ1v) is 4.29. The van der Waals surface area contributed by atoms with Crippen molar-refractivity contribution in [1.82, 2.24) is 5.32 Å². The molecule has 2 aliphatic heterocycles. The molecule has 0 bridgehead atoms. The Labute approximate surface area is 61.9 Å². The van der Waals surface area contributed by atoms with Crippen molar-refractivity contribution in [3.05, 3.63) is 0 Å². The molecule has 2 saturated heterocycles. The van der Waals surface area contributed by atoms with E-state index in [1.54, 1.807) is 0 Å². The van der Waals surface area contributed by atoms with E-state index >= 15 is 0 Å². The normalized spacial score (nSPS) is 40.8. The monoisotopic (exact) mass is 141 g/mol. The molecule has 0 spiro atoms. The summed E-state index contributed by atoms with van der Waals surface area (Å²) in [5.74, 6) is 0.905. The van der Waals surface area contributed by atoms with E-state index in [2.05, 4.69) is 5.32 Å². The summed E-state index contributed by atoms with van der Waals surface area (Å²) >= 11 is 0. The van der Waals surface area contributed by atoms with Crippen molar-refractivity contribution < 1.29 is 4.74 Å². The van der Waals surface area contributed by atoms with Gasteiger partial charge in [-0.15, -0.1) is 0 Å². The number of fused-ring (bicyclic) bond motifs is 1. The van der Waals surface area contributed by atoms with E-state index < -0.39 is 0 Å². The third-order valence-corrected chi connectivity index (χ3v) is 2.58. The first kappa shape index (κ1) is 6.62. The molecular formula is C8H15NO. The summed E-state index contributed by atoms with van der Waals surface area (Å²) in [5, 5.41) is 3.39. The molecule has 10 heavy (non-hydrogen) atoms. The highest BCUT2D eigenvalue weighted by Crippen LogP contribution is 2.27. The maximum atomic E-state index is 5.43. The summed E-state index contributed by atoms with van der Waals surface area (Å²) in [5.41, 5.74) is 0. The lowest BCUT2D eigenvalue weighted by atomic mass is 9.89. The van der Waals surface area contributed by atoms with Crippen LogP contribution < -0.4 is 5.32 Å². The number of ether oxygens (including phenoxy) is 1. The lowest BCUT2D eigenvalue weighted by Crippen LogP contribution is -2.43. The molecule has 2 rings (SSSR count). The van der Waals surface area contributed by atoms with Gasteiger partial charge in [0, 0.05) is 5.92 Å². The van der Waals surface area contributed by atoms with Gasteiger partial charge in [0.2, 0.25) is 0 Å². The highest BCUT2D eigenvalue weighted by atomic mass is 16.5. The molecule has 2 nitrogen and oxygen atoms in total. The minimum absolute atomic E-state index is 0.604. The molecule has 58 valence electrons. The fourth-order valence-electron chi connectivity index (χ4n) is 1.82. The largest absolute Gasteiger partial charge is 0.377 e. The molecule has 0 aromatic carbocycles. The Morgan fingerprint density at radius 1 is 1.20 bits per heavy atom. The van der Waals surface area contributed by atoms with Crippen LogP contribution in [0.3, 0.4) is 0 Å². The van der Waals surface area contributed by atoms with E-state index in [-0.39, 0.29) is 0 Å². The average Bonchev–Trinajstić information content (AvgIpc) is 1.89. The number of hydrogen-bond acceptors (Lipinski definition) is 2. The third kappa shape index (κ3) is 1.18. The molecular weight excluding hydrogens is 126 g/mol. The van der Waals surface area contributed by atoms with Gasteiger partial charge in [-0.05, 0) is 32.4 Å². The van der Waals surface area contributed by atoms with E-state index in [1.807, 2.05) is 0 Å². The van der Waals surface area contributed by atoms with Gasteiger partial charge in [-0.2, -0.15) is 0 Å². The van der Waals surface area contributed by atoms with Gasteiger partial charge < -0.3 is 10.1 Å². The van der Waals surface area contributed by atoms with Gasteiger partial charge in [0.05, 0.1) is 12.7 Å². The second kappa shape index (κ2) is 2.89. The van der Waals surface area contributed by atoms with Crippen LogP contribution in [0.25, 0.3) is 0 Å². The van der Waals surface area contributed by atoms with Crippen molar-refractivity contribution in [3.63, 3.8) is 0 Å². The number of hydrogen-bond donors (Lipinski definition) is 1. The lowest BCUT2D eigenvalue weighted by molar-refractivity contribution is -0.122. The molecule has 2 aliphatic rings. The minimum atomic E-state index is 0.604. The Hall–Kier alpha value is -0.0800. The Balaban J connectivity index is 1.83. The maximum absolute atomic E-state index is 5.43. The molecule has 2 heterocycles. The Morgan fingerprint density at radius 3 is 3.00 bits per heavy atom. The summed E-state index contributed by atoms with van der Waals surface area (Å²) < 4.78 is 5.43. The van der Waals surface area contributed by atoms with Crippen molar-refractivity contribution in [1.29, 1.82) is 0 Å². The van der Waals surface area contributed by atoms with Gasteiger partial charge in [-0.25, -0.2) is 0 Å². The van der Waals surface area contributed by atoms with Gasteiger partial charge >= 0.3 is 0 Å². The molecule has 0 aromatic heterocycles. The number of nitrogens with one attached hydrogen (secondary N) is 1. The zero-order valence-electron chi connectivity index (χ0n) is 6.31. The van der Waals surface area contributed by atoms with Crippen LogP contribution in [0.5, 0.6) is 0 Å². The molecule has 0 aromatic rings. The maximum Gasteiger partial charge on any atom is 0.0637 e. The van der Waals surface area contributed by atoms with Crippen LogP contribution >= 0.6 is 0 Å². The summed E-state index contributed by atoms with van der Waals surface area (Å²) in [6, 6.07) is 0. The van der Waals surface area contributed by atoms with E-state index in [1.165, 1.54) is 25.8 Å². The first-order valence-electron chi connectivity index (χ1n) is 4.29. The van der Waals surface area contributed by atoms with Gasteiger partial charge in [0.25, 0.3) is 0 Å². The SMILES string of the molecule is C1CNCCC2OCC2C1. The van der Waals surface area contributed by atoms with Crippen LogP contribution in [0.1, 0.15) is 19.3 Å². The summed E-state index contributed by atoms with van der Waals surface area (Å²) in [6.45, 7) is 3.40. The van der Waals surface area contributed by atoms with Crippen LogP contribution in [0.2, 0.25) is 0 Å². The van der Waals surface area contributed by atoms with Crippen molar-refractivity contribution in [2.24, 2.45) is 5.92 Å². The van der Waals surface area contributed by atoms with Crippen LogP contribution in [0, 0.1) is 5.92 Å². The first-order chi connectivity index (χ1) is 4.97. The molecule has 0 radical (unpaired) electrons. The van der Waals surface area contributed by atoms with E-state index in [0.29, 0.717) is 6.10 Å². The molecule has 1 N–H and O–H groups in total. The average molecular weight is 141 g/mol.